The van der Waals surface area contributed by atoms with Crippen LogP contribution >= 0.6 is 11.8 Å². The minimum Gasteiger partial charge on any atom is -0.357 e. The fourth-order valence-electron chi connectivity index (χ4n) is 1.85. The van der Waals surface area contributed by atoms with Gasteiger partial charge in [-0.05, 0) is 29.7 Å². The van der Waals surface area contributed by atoms with Crippen molar-refractivity contribution in [2.75, 3.05) is 5.75 Å². The first kappa shape index (κ1) is 13.9. The van der Waals surface area contributed by atoms with Gasteiger partial charge in [-0.15, -0.1) is 11.8 Å². The average Bonchev–Trinajstić information content (AvgIpc) is 2.83. The van der Waals surface area contributed by atoms with E-state index >= 15 is 0 Å². The van der Waals surface area contributed by atoms with Gasteiger partial charge >= 0.3 is 0 Å². The summed E-state index contributed by atoms with van der Waals surface area (Å²) in [6, 6.07) is 10.3. The lowest BCUT2D eigenvalue weighted by atomic mass is 10.0. The van der Waals surface area contributed by atoms with Gasteiger partial charge in [0.15, 0.2) is 5.78 Å². The summed E-state index contributed by atoms with van der Waals surface area (Å²) in [6.45, 7) is 4.36. The first-order valence-electron chi connectivity index (χ1n) is 6.44. The van der Waals surface area contributed by atoms with Gasteiger partial charge in [0.1, 0.15) is 0 Å². The Labute approximate surface area is 118 Å². The predicted octanol–water partition coefficient (Wildman–Crippen LogP) is 4.12. The lowest BCUT2D eigenvalue weighted by molar-refractivity contribution is 0.102. The smallest absolute Gasteiger partial charge is 0.174 e. The molecule has 0 saturated heterocycles. The second-order valence-electron chi connectivity index (χ2n) is 5.00. The number of aromatic nitrogens is 1. The van der Waals surface area contributed by atoms with Gasteiger partial charge in [0.2, 0.25) is 0 Å². The summed E-state index contributed by atoms with van der Waals surface area (Å²) in [6.07, 6.45) is 3.76. The lowest BCUT2D eigenvalue weighted by Crippen LogP contribution is -2.00. The molecule has 0 spiro atoms. The number of nitrogens with zero attached hydrogens (tertiary/aromatic N) is 1. The van der Waals surface area contributed by atoms with Gasteiger partial charge in [0.05, 0.1) is 5.75 Å². The van der Waals surface area contributed by atoms with Crippen molar-refractivity contribution in [2.45, 2.75) is 24.7 Å². The van der Waals surface area contributed by atoms with E-state index in [0.717, 1.165) is 10.5 Å². The molecule has 0 saturated carbocycles. The third kappa shape index (κ3) is 3.74. The number of carbonyl (C=O) groups excluding carboxylic acids is 1. The van der Waals surface area contributed by atoms with E-state index in [1.54, 1.807) is 11.8 Å². The maximum atomic E-state index is 12.0. The normalized spacial score (nSPS) is 10.9. The van der Waals surface area contributed by atoms with Crippen molar-refractivity contribution in [1.82, 2.24) is 4.57 Å². The van der Waals surface area contributed by atoms with E-state index in [1.165, 1.54) is 5.56 Å². The van der Waals surface area contributed by atoms with Crippen LogP contribution in [0.5, 0.6) is 0 Å². The maximum Gasteiger partial charge on any atom is 0.174 e. The van der Waals surface area contributed by atoms with E-state index in [1.807, 2.05) is 30.1 Å². The molecule has 0 aliphatic carbocycles. The first-order valence-corrected chi connectivity index (χ1v) is 7.43. The largest absolute Gasteiger partial charge is 0.357 e. The number of rotatable bonds is 5. The Bertz CT molecular complexity index is 554. The highest BCUT2D eigenvalue weighted by atomic mass is 32.2. The number of Topliss-reactive ketones (excluding diaryl/α,β-unsaturated/α-hetero) is 1. The molecule has 3 heteroatoms. The molecule has 1 aromatic carbocycles. The maximum absolute atomic E-state index is 12.0. The Balaban J connectivity index is 1.93. The Hall–Kier alpha value is -1.48. The number of hydrogen-bond donors (Lipinski definition) is 0. The third-order valence-electron chi connectivity index (χ3n) is 3.07. The molecule has 1 heterocycles. The molecule has 2 aromatic rings. The molecule has 0 radical (unpaired) electrons. The van der Waals surface area contributed by atoms with Crippen LogP contribution in [0.3, 0.4) is 0 Å². The van der Waals surface area contributed by atoms with E-state index in [0.29, 0.717) is 11.7 Å². The number of carbonyl (C=O) groups is 1. The predicted molar refractivity (Wildman–Crippen MR) is 81.0 cm³/mol. The SMILES string of the molecule is CC(C)c1ccc(SCC(=O)c2ccn(C)c2)cc1. The Morgan fingerprint density at radius 1 is 1.21 bits per heavy atom. The summed E-state index contributed by atoms with van der Waals surface area (Å²) in [5.74, 6) is 1.22. The van der Waals surface area contributed by atoms with Crippen LogP contribution in [0, 0.1) is 0 Å². The number of hydrogen-bond acceptors (Lipinski definition) is 2. The molecule has 0 fully saturated rings. The summed E-state index contributed by atoms with van der Waals surface area (Å²) >= 11 is 1.59. The third-order valence-corrected chi connectivity index (χ3v) is 4.08. The van der Waals surface area contributed by atoms with E-state index in [-0.39, 0.29) is 5.78 Å². The zero-order chi connectivity index (χ0) is 13.8. The number of aryl methyl sites for hydroxylation is 1. The zero-order valence-corrected chi connectivity index (χ0v) is 12.4. The molecule has 0 aliphatic heterocycles. The summed E-state index contributed by atoms with van der Waals surface area (Å²) in [4.78, 5) is 13.1. The molecule has 0 bridgehead atoms. The van der Waals surface area contributed by atoms with E-state index < -0.39 is 0 Å². The molecule has 2 rings (SSSR count). The van der Waals surface area contributed by atoms with Crippen LogP contribution in [0.15, 0.2) is 47.6 Å². The molecule has 0 N–H and O–H groups in total. The van der Waals surface area contributed by atoms with Crippen LogP contribution in [-0.2, 0) is 7.05 Å². The van der Waals surface area contributed by atoms with Crippen LogP contribution in [0.25, 0.3) is 0 Å². The fraction of sp³-hybridized carbons (Fsp3) is 0.312. The molecule has 2 nitrogen and oxygen atoms in total. The van der Waals surface area contributed by atoms with Gasteiger partial charge in [0.25, 0.3) is 0 Å². The highest BCUT2D eigenvalue weighted by Gasteiger charge is 2.08. The number of thioether (sulfide) groups is 1. The first-order chi connectivity index (χ1) is 9.06. The van der Waals surface area contributed by atoms with Gasteiger partial charge < -0.3 is 4.57 Å². The van der Waals surface area contributed by atoms with E-state index in [2.05, 4.69) is 38.1 Å². The summed E-state index contributed by atoms with van der Waals surface area (Å²) in [5.41, 5.74) is 2.12. The van der Waals surface area contributed by atoms with Crippen molar-refractivity contribution < 1.29 is 4.79 Å². The van der Waals surface area contributed by atoms with Crippen molar-refractivity contribution >= 4 is 17.5 Å². The van der Waals surface area contributed by atoms with Crippen LogP contribution in [-0.4, -0.2) is 16.1 Å². The fourth-order valence-corrected chi connectivity index (χ4v) is 2.64. The number of benzene rings is 1. The molecule has 0 unspecified atom stereocenters. The van der Waals surface area contributed by atoms with Crippen LogP contribution in [0.1, 0.15) is 35.7 Å². The second kappa shape index (κ2) is 6.11. The molecular formula is C16H19NOS. The van der Waals surface area contributed by atoms with Gasteiger partial charge in [-0.2, -0.15) is 0 Å². The minimum absolute atomic E-state index is 0.179. The van der Waals surface area contributed by atoms with Crippen molar-refractivity contribution in [1.29, 1.82) is 0 Å². The topological polar surface area (TPSA) is 22.0 Å². The Morgan fingerprint density at radius 2 is 1.89 bits per heavy atom. The van der Waals surface area contributed by atoms with Gasteiger partial charge in [-0.25, -0.2) is 0 Å². The second-order valence-corrected chi connectivity index (χ2v) is 6.05. The highest BCUT2D eigenvalue weighted by Crippen LogP contribution is 2.22. The summed E-state index contributed by atoms with van der Waals surface area (Å²) in [7, 11) is 1.93. The molecule has 100 valence electrons. The molecule has 1 aromatic heterocycles. The number of ketones is 1. The van der Waals surface area contributed by atoms with Crippen LogP contribution in [0.4, 0.5) is 0 Å². The van der Waals surface area contributed by atoms with Crippen molar-refractivity contribution in [3.8, 4) is 0 Å². The van der Waals surface area contributed by atoms with Gasteiger partial charge in [-0.3, -0.25) is 4.79 Å². The highest BCUT2D eigenvalue weighted by molar-refractivity contribution is 8.00. The van der Waals surface area contributed by atoms with Gasteiger partial charge in [-0.1, -0.05) is 26.0 Å². The summed E-state index contributed by atoms with van der Waals surface area (Å²) < 4.78 is 1.90. The molecule has 0 atom stereocenters. The molecule has 0 aliphatic rings. The molecule has 19 heavy (non-hydrogen) atoms. The van der Waals surface area contributed by atoms with Crippen LogP contribution in [0.2, 0.25) is 0 Å². The van der Waals surface area contributed by atoms with Crippen molar-refractivity contribution in [3.63, 3.8) is 0 Å². The quantitative estimate of drug-likeness (QED) is 0.604. The monoisotopic (exact) mass is 273 g/mol. The molecule has 0 amide bonds. The van der Waals surface area contributed by atoms with Crippen LogP contribution < -0.4 is 0 Å². The standard InChI is InChI=1S/C16H19NOS/c1-12(2)13-4-6-15(7-5-13)19-11-16(18)14-8-9-17(3)10-14/h4-10,12H,11H2,1-3H3. The van der Waals surface area contributed by atoms with Crippen molar-refractivity contribution in [2.24, 2.45) is 7.05 Å². The Kier molecular flexibility index (Phi) is 4.48. The molecular weight excluding hydrogens is 254 g/mol. The van der Waals surface area contributed by atoms with Crippen molar-refractivity contribution in [3.05, 3.63) is 53.9 Å². The minimum atomic E-state index is 0.179. The van der Waals surface area contributed by atoms with Gasteiger partial charge in [0, 0.05) is 29.9 Å². The summed E-state index contributed by atoms with van der Waals surface area (Å²) in [5, 5.41) is 0. The lowest BCUT2D eigenvalue weighted by Gasteiger charge is -2.06. The zero-order valence-electron chi connectivity index (χ0n) is 11.6. The Morgan fingerprint density at radius 3 is 2.42 bits per heavy atom. The average molecular weight is 273 g/mol. The van der Waals surface area contributed by atoms with E-state index in [4.69, 9.17) is 0 Å². The van der Waals surface area contributed by atoms with E-state index in [9.17, 15) is 4.79 Å².